The number of pyridine rings is 10. The van der Waals surface area contributed by atoms with E-state index in [9.17, 15) is 0 Å². The molecule has 0 aliphatic rings. The Morgan fingerprint density at radius 3 is 1.10 bits per heavy atom. The zero-order valence-electron chi connectivity index (χ0n) is 56.0. The van der Waals surface area contributed by atoms with Crippen LogP contribution in [0.2, 0.25) is 0 Å². The van der Waals surface area contributed by atoms with Crippen molar-refractivity contribution < 1.29 is 0 Å². The third-order valence-electron chi connectivity index (χ3n) is 19.5. The van der Waals surface area contributed by atoms with Crippen LogP contribution in [-0.2, 0) is 0 Å². The van der Waals surface area contributed by atoms with Gasteiger partial charge in [0.05, 0.1) is 84.0 Å². The summed E-state index contributed by atoms with van der Waals surface area (Å²) in [7, 11) is 0. The molecule has 104 heavy (non-hydrogen) atoms. The molecule has 0 aliphatic carbocycles. The van der Waals surface area contributed by atoms with E-state index < -0.39 is 0 Å². The Hall–Kier alpha value is -14.2. The summed E-state index contributed by atoms with van der Waals surface area (Å²) in [5, 5.41) is 8.60. The van der Waals surface area contributed by atoms with Gasteiger partial charge in [-0.25, -0.2) is 24.9 Å². The molecule has 0 N–H and O–H groups in total. The van der Waals surface area contributed by atoms with Crippen LogP contribution in [0.3, 0.4) is 0 Å². The first kappa shape index (κ1) is 60.9. The van der Waals surface area contributed by atoms with Crippen molar-refractivity contribution in [1.82, 2.24) is 49.8 Å². The SMILES string of the molecule is c1ccc(-c2c3ccccc3nc3c2ccc2ccc(-c4ccc(-c5cc(-c6ccccn6)cc(-c6ccccn6)c5)c5cccnc45)nc23)cc1.c1ccc(-c2c3ccccc3nc3c2ccc2ccc(-c4ccc5cc(-c6cc(-c7ccccn7)cc(-c7ccccn7)c6)ccc5n4)nc23)cc1. The summed E-state index contributed by atoms with van der Waals surface area (Å²) >= 11 is 0. The molecule has 20 rings (SSSR count). The van der Waals surface area contributed by atoms with Gasteiger partial charge in [-0.3, -0.25) is 24.9 Å². The smallest absolute Gasteiger partial charge is 0.0978 e. The molecular formula is C94H58N10. The van der Waals surface area contributed by atoms with E-state index in [0.717, 1.165) is 188 Å². The minimum atomic E-state index is 0.810. The normalized spacial score (nSPS) is 11.5. The molecule has 0 saturated heterocycles. The molecule has 0 amide bonds. The van der Waals surface area contributed by atoms with Gasteiger partial charge in [-0.15, -0.1) is 0 Å². The second kappa shape index (κ2) is 26.1. The molecule has 10 heteroatoms. The summed E-state index contributed by atoms with van der Waals surface area (Å²) in [4.78, 5) is 49.7. The first-order chi connectivity index (χ1) is 51.5. The van der Waals surface area contributed by atoms with E-state index in [1.807, 2.05) is 122 Å². The first-order valence-corrected chi connectivity index (χ1v) is 34.6. The molecule has 0 spiro atoms. The summed E-state index contributed by atoms with van der Waals surface area (Å²) in [6.45, 7) is 0. The zero-order valence-corrected chi connectivity index (χ0v) is 56.0. The van der Waals surface area contributed by atoms with Crippen LogP contribution in [0.4, 0.5) is 0 Å². The lowest BCUT2D eigenvalue weighted by molar-refractivity contribution is 1.31. The van der Waals surface area contributed by atoms with Gasteiger partial charge in [0, 0.05) is 113 Å². The summed E-state index contributed by atoms with van der Waals surface area (Å²) in [6, 6.07) is 111. The molecule has 0 aliphatic heterocycles. The lowest BCUT2D eigenvalue weighted by Crippen LogP contribution is -1.94. The van der Waals surface area contributed by atoms with Crippen LogP contribution in [0.25, 0.3) is 199 Å². The molecule has 10 aromatic heterocycles. The first-order valence-electron chi connectivity index (χ1n) is 34.6. The molecular weight excluding hydrogens is 1270 g/mol. The lowest BCUT2D eigenvalue weighted by atomic mass is 9.92. The number of aromatic nitrogens is 10. The fourth-order valence-electron chi connectivity index (χ4n) is 14.6. The maximum atomic E-state index is 5.36. The molecule has 0 bridgehead atoms. The van der Waals surface area contributed by atoms with Crippen LogP contribution in [0.1, 0.15) is 0 Å². The predicted molar refractivity (Wildman–Crippen MR) is 425 cm³/mol. The molecule has 0 fully saturated rings. The number of fused-ring (bicyclic) bond motifs is 10. The monoisotopic (exact) mass is 1330 g/mol. The van der Waals surface area contributed by atoms with E-state index in [-0.39, 0.29) is 0 Å². The van der Waals surface area contributed by atoms with Crippen molar-refractivity contribution in [3.8, 4) is 112 Å². The highest BCUT2D eigenvalue weighted by atomic mass is 14.8. The highest BCUT2D eigenvalue weighted by Crippen LogP contribution is 2.43. The Kier molecular flexibility index (Phi) is 15.3. The number of hydrogen-bond donors (Lipinski definition) is 0. The van der Waals surface area contributed by atoms with Crippen LogP contribution >= 0.6 is 0 Å². The Balaban J connectivity index is 0.000000143. The molecule has 20 aromatic rings. The lowest BCUT2D eigenvalue weighted by Gasteiger charge is -2.15. The fraction of sp³-hybridized carbons (Fsp3) is 0. The Labute approximate surface area is 598 Å². The van der Waals surface area contributed by atoms with Crippen molar-refractivity contribution in [2.45, 2.75) is 0 Å². The highest BCUT2D eigenvalue weighted by Gasteiger charge is 2.21. The van der Waals surface area contributed by atoms with E-state index >= 15 is 0 Å². The zero-order chi connectivity index (χ0) is 68.9. The average molecular weight is 1330 g/mol. The van der Waals surface area contributed by atoms with E-state index in [4.69, 9.17) is 29.9 Å². The van der Waals surface area contributed by atoms with Gasteiger partial charge >= 0.3 is 0 Å². The molecule has 0 atom stereocenters. The highest BCUT2D eigenvalue weighted by molar-refractivity contribution is 6.18. The van der Waals surface area contributed by atoms with Gasteiger partial charge in [0.1, 0.15) is 0 Å². The quantitative estimate of drug-likeness (QED) is 0.0964. The van der Waals surface area contributed by atoms with Crippen molar-refractivity contribution >= 4 is 87.2 Å². The minimum Gasteiger partial charge on any atom is -0.256 e. The van der Waals surface area contributed by atoms with Gasteiger partial charge in [-0.1, -0.05) is 182 Å². The topological polar surface area (TPSA) is 129 Å². The minimum absolute atomic E-state index is 0.810. The number of benzene rings is 10. The van der Waals surface area contributed by atoms with E-state index in [1.54, 1.807) is 0 Å². The van der Waals surface area contributed by atoms with Crippen LogP contribution in [0.5, 0.6) is 0 Å². The summed E-state index contributed by atoms with van der Waals surface area (Å²) in [5.41, 5.74) is 27.4. The van der Waals surface area contributed by atoms with Crippen molar-refractivity contribution in [2.24, 2.45) is 0 Å². The van der Waals surface area contributed by atoms with Gasteiger partial charge in [0.15, 0.2) is 0 Å². The van der Waals surface area contributed by atoms with Gasteiger partial charge in [-0.2, -0.15) is 0 Å². The maximum absolute atomic E-state index is 5.36. The number of hydrogen-bond acceptors (Lipinski definition) is 10. The molecule has 0 radical (unpaired) electrons. The van der Waals surface area contributed by atoms with Gasteiger partial charge < -0.3 is 0 Å². The number of nitrogens with zero attached hydrogens (tertiary/aromatic N) is 10. The van der Waals surface area contributed by atoms with Gasteiger partial charge in [0.2, 0.25) is 0 Å². The van der Waals surface area contributed by atoms with E-state index in [0.29, 0.717) is 0 Å². The number of rotatable bonds is 10. The number of para-hydroxylation sites is 2. The molecule has 484 valence electrons. The van der Waals surface area contributed by atoms with Crippen molar-refractivity contribution in [3.05, 3.63) is 353 Å². The molecule has 0 unspecified atom stereocenters. The van der Waals surface area contributed by atoms with Gasteiger partial charge in [0.25, 0.3) is 0 Å². The third-order valence-corrected chi connectivity index (χ3v) is 19.5. The van der Waals surface area contributed by atoms with Crippen molar-refractivity contribution in [1.29, 1.82) is 0 Å². The van der Waals surface area contributed by atoms with Crippen molar-refractivity contribution in [3.63, 3.8) is 0 Å². The maximum Gasteiger partial charge on any atom is 0.0978 e. The van der Waals surface area contributed by atoms with Crippen LogP contribution < -0.4 is 0 Å². The molecule has 10 nitrogen and oxygen atoms in total. The standard InChI is InChI=1S/2C47H29N5/c1-2-11-30(12-3-1)44-37-13-4-5-17-42(37)52-47-39(44)20-18-31-19-23-43(51-45(31)47)38-22-21-35(36-14-10-26-50-46(36)38)32-27-33(40-15-6-8-24-48-40)29-34(28-32)41-16-7-9-25-49-41;1-2-10-30(11-3-1)45-37-12-4-5-15-42(37)51-47-38(45)20-16-31-17-22-44(52-46(31)47)43-23-19-33-26-32(18-21-41(33)50-43)34-27-35(39-13-6-8-24-48-39)29-36(28-34)40-14-7-9-25-49-40/h2*1-29H. The largest absolute Gasteiger partial charge is 0.256 e. The average Bonchev–Trinajstić information content (AvgIpc) is 0.744. The fourth-order valence-corrected chi connectivity index (χ4v) is 14.6. The third kappa shape index (κ3) is 11.3. The molecule has 0 saturated carbocycles. The summed E-state index contributed by atoms with van der Waals surface area (Å²) in [5.74, 6) is 0. The summed E-state index contributed by atoms with van der Waals surface area (Å²) in [6.07, 6.45) is 9.17. The van der Waals surface area contributed by atoms with Crippen LogP contribution in [-0.4, -0.2) is 49.8 Å². The second-order valence-corrected chi connectivity index (χ2v) is 25.8. The molecule has 10 heterocycles. The summed E-state index contributed by atoms with van der Waals surface area (Å²) < 4.78 is 0. The molecule has 10 aromatic carbocycles. The Morgan fingerprint density at radius 2 is 0.577 bits per heavy atom. The second-order valence-electron chi connectivity index (χ2n) is 25.8. The Bertz CT molecular complexity index is 6590. The van der Waals surface area contributed by atoms with Crippen LogP contribution in [0, 0.1) is 0 Å². The van der Waals surface area contributed by atoms with Crippen LogP contribution in [0.15, 0.2) is 353 Å². The Morgan fingerprint density at radius 1 is 0.163 bits per heavy atom. The van der Waals surface area contributed by atoms with E-state index in [1.165, 1.54) is 11.1 Å². The van der Waals surface area contributed by atoms with Crippen molar-refractivity contribution in [2.75, 3.05) is 0 Å². The van der Waals surface area contributed by atoms with E-state index in [2.05, 4.69) is 250 Å². The predicted octanol–water partition coefficient (Wildman–Crippen LogP) is 23.2. The van der Waals surface area contributed by atoms with Gasteiger partial charge in [-0.05, 0) is 173 Å².